The third kappa shape index (κ3) is 4.62. The highest BCUT2D eigenvalue weighted by molar-refractivity contribution is 5.93. The predicted molar refractivity (Wildman–Crippen MR) is 112 cm³/mol. The van der Waals surface area contributed by atoms with Crippen molar-refractivity contribution in [1.82, 2.24) is 14.6 Å². The van der Waals surface area contributed by atoms with Gasteiger partial charge in [-0.15, -0.1) is 0 Å². The summed E-state index contributed by atoms with van der Waals surface area (Å²) in [6, 6.07) is 13.2. The Labute approximate surface area is 176 Å². The van der Waals surface area contributed by atoms with Crippen LogP contribution in [-0.4, -0.2) is 39.1 Å². The molecule has 2 aromatic heterocycles. The molecule has 0 atom stereocenters. The normalized spacial score (nSPS) is 11.0. The molecule has 30 heavy (non-hydrogen) atoms. The zero-order chi connectivity index (χ0) is 21.8. The molecule has 7 nitrogen and oxygen atoms in total. The maximum Gasteiger partial charge on any atom is 0.340 e. The summed E-state index contributed by atoms with van der Waals surface area (Å²) in [4.78, 5) is 27.1. The highest BCUT2D eigenvalue weighted by atomic mass is 16.5. The summed E-state index contributed by atoms with van der Waals surface area (Å²) in [5.41, 5.74) is 2.94. The zero-order valence-electron chi connectivity index (χ0n) is 18.0. The minimum absolute atomic E-state index is 0.0168. The summed E-state index contributed by atoms with van der Waals surface area (Å²) in [5, 5.41) is 4.01. The molecule has 0 aliphatic carbocycles. The van der Waals surface area contributed by atoms with Crippen LogP contribution in [0.2, 0.25) is 0 Å². The minimum atomic E-state index is -0.536. The second-order valence-electron chi connectivity index (χ2n) is 7.59. The Kier molecular flexibility index (Phi) is 6.40. The van der Waals surface area contributed by atoms with Gasteiger partial charge in [0.1, 0.15) is 5.76 Å². The lowest BCUT2D eigenvalue weighted by molar-refractivity contribution is -0.136. The van der Waals surface area contributed by atoms with Crippen molar-refractivity contribution in [3.05, 3.63) is 70.7 Å². The van der Waals surface area contributed by atoms with Crippen LogP contribution in [0, 0.1) is 20.8 Å². The molecule has 2 heterocycles. The average molecular weight is 409 g/mol. The van der Waals surface area contributed by atoms with Crippen molar-refractivity contribution in [2.24, 2.45) is 0 Å². The number of rotatable bonds is 7. The number of aromatic nitrogens is 2. The summed E-state index contributed by atoms with van der Waals surface area (Å²) in [7, 11) is 0. The van der Waals surface area contributed by atoms with Gasteiger partial charge in [-0.2, -0.15) is 0 Å². The SMILES string of the molecule is Cc1cc(-n2c(C)cc(C(=O)OCC(=O)N(Cc3ccccc3)C(C)C)c2C)no1. The summed E-state index contributed by atoms with van der Waals surface area (Å²) in [6.07, 6.45) is 0. The number of aryl methyl sites for hydroxylation is 2. The minimum Gasteiger partial charge on any atom is -0.452 e. The van der Waals surface area contributed by atoms with E-state index in [4.69, 9.17) is 9.26 Å². The quantitative estimate of drug-likeness (QED) is 0.552. The van der Waals surface area contributed by atoms with E-state index in [1.165, 1.54) is 0 Å². The molecule has 0 aliphatic heterocycles. The Hall–Kier alpha value is -3.35. The number of amides is 1. The van der Waals surface area contributed by atoms with Gasteiger partial charge >= 0.3 is 5.97 Å². The smallest absolute Gasteiger partial charge is 0.340 e. The topological polar surface area (TPSA) is 77.6 Å². The van der Waals surface area contributed by atoms with Crippen molar-refractivity contribution < 1.29 is 18.8 Å². The molecular formula is C23H27N3O4. The molecule has 158 valence electrons. The number of nitrogens with zero attached hydrogens (tertiary/aromatic N) is 3. The van der Waals surface area contributed by atoms with E-state index < -0.39 is 5.97 Å². The molecule has 0 unspecified atom stereocenters. The first kappa shape index (κ1) is 21.4. The fraction of sp³-hybridized carbons (Fsp3) is 0.348. The summed E-state index contributed by atoms with van der Waals surface area (Å²) in [6.45, 7) is 9.53. The van der Waals surface area contributed by atoms with Crippen molar-refractivity contribution in [2.45, 2.75) is 47.2 Å². The molecule has 1 amide bonds. The molecule has 0 aliphatic rings. The predicted octanol–water partition coefficient (Wildman–Crippen LogP) is 3.98. The third-order valence-electron chi connectivity index (χ3n) is 4.96. The van der Waals surface area contributed by atoms with Gasteiger partial charge < -0.3 is 14.2 Å². The summed E-state index contributed by atoms with van der Waals surface area (Å²) < 4.78 is 12.3. The van der Waals surface area contributed by atoms with Crippen LogP contribution in [0.25, 0.3) is 5.82 Å². The molecule has 0 saturated heterocycles. The number of hydrogen-bond donors (Lipinski definition) is 0. The zero-order valence-corrected chi connectivity index (χ0v) is 18.0. The summed E-state index contributed by atoms with van der Waals surface area (Å²) in [5.74, 6) is 0.514. The van der Waals surface area contributed by atoms with E-state index >= 15 is 0 Å². The van der Waals surface area contributed by atoms with E-state index in [0.29, 0.717) is 29.4 Å². The van der Waals surface area contributed by atoms with E-state index in [1.54, 1.807) is 24.0 Å². The standard InChI is InChI=1S/C23H27N3O4/c1-15(2)25(13-19-9-7-6-8-10-19)22(27)14-29-23(28)20-11-16(3)26(18(20)5)21-12-17(4)30-24-21/h6-12,15H,13-14H2,1-5H3. The number of benzene rings is 1. The molecule has 0 spiro atoms. The van der Waals surface area contributed by atoms with Crippen molar-refractivity contribution in [1.29, 1.82) is 0 Å². The van der Waals surface area contributed by atoms with Gasteiger partial charge in [-0.25, -0.2) is 4.79 Å². The van der Waals surface area contributed by atoms with Gasteiger partial charge in [0.05, 0.1) is 5.56 Å². The monoisotopic (exact) mass is 409 g/mol. The first-order chi connectivity index (χ1) is 14.3. The number of carbonyl (C=O) groups excluding carboxylic acids is 2. The number of carbonyl (C=O) groups is 2. The van der Waals surface area contributed by atoms with E-state index in [9.17, 15) is 9.59 Å². The van der Waals surface area contributed by atoms with Gasteiger partial charge in [0.15, 0.2) is 12.4 Å². The molecule has 0 fully saturated rings. The van der Waals surface area contributed by atoms with Crippen LogP contribution in [0.5, 0.6) is 0 Å². The number of ether oxygens (including phenoxy) is 1. The van der Waals surface area contributed by atoms with Gasteiger partial charge in [-0.3, -0.25) is 9.36 Å². The highest BCUT2D eigenvalue weighted by Gasteiger charge is 2.23. The average Bonchev–Trinajstić information content (AvgIpc) is 3.26. The second kappa shape index (κ2) is 8.98. The Morgan fingerprint density at radius 2 is 1.83 bits per heavy atom. The highest BCUT2D eigenvalue weighted by Crippen LogP contribution is 2.21. The molecule has 0 saturated carbocycles. The Morgan fingerprint density at radius 1 is 1.13 bits per heavy atom. The van der Waals surface area contributed by atoms with Gasteiger partial charge in [0, 0.05) is 30.0 Å². The first-order valence-electron chi connectivity index (χ1n) is 9.91. The third-order valence-corrected chi connectivity index (χ3v) is 4.96. The van der Waals surface area contributed by atoms with Crippen molar-refractivity contribution >= 4 is 11.9 Å². The van der Waals surface area contributed by atoms with Crippen LogP contribution in [0.1, 0.15) is 46.9 Å². The second-order valence-corrected chi connectivity index (χ2v) is 7.59. The Morgan fingerprint density at radius 3 is 2.43 bits per heavy atom. The Bertz CT molecular complexity index is 1030. The first-order valence-corrected chi connectivity index (χ1v) is 9.91. The largest absolute Gasteiger partial charge is 0.452 e. The van der Waals surface area contributed by atoms with E-state index in [0.717, 1.165) is 11.3 Å². The van der Waals surface area contributed by atoms with Gasteiger partial charge in [0.25, 0.3) is 5.91 Å². The molecular weight excluding hydrogens is 382 g/mol. The Balaban J connectivity index is 1.69. The molecule has 0 N–H and O–H groups in total. The lowest BCUT2D eigenvalue weighted by atomic mass is 10.2. The molecule has 1 aromatic carbocycles. The van der Waals surface area contributed by atoms with Crippen LogP contribution in [-0.2, 0) is 16.1 Å². The van der Waals surface area contributed by atoms with Gasteiger partial charge in [-0.1, -0.05) is 35.5 Å². The van der Waals surface area contributed by atoms with Crippen LogP contribution < -0.4 is 0 Å². The van der Waals surface area contributed by atoms with Crippen LogP contribution >= 0.6 is 0 Å². The molecule has 0 radical (unpaired) electrons. The number of esters is 1. The number of hydrogen-bond acceptors (Lipinski definition) is 5. The molecule has 0 bridgehead atoms. The maximum atomic E-state index is 12.7. The molecule has 3 aromatic rings. The fourth-order valence-electron chi connectivity index (χ4n) is 3.41. The van der Waals surface area contributed by atoms with E-state index in [1.807, 2.05) is 62.6 Å². The van der Waals surface area contributed by atoms with Crippen LogP contribution in [0.3, 0.4) is 0 Å². The van der Waals surface area contributed by atoms with Crippen LogP contribution in [0.4, 0.5) is 0 Å². The molecule has 3 rings (SSSR count). The van der Waals surface area contributed by atoms with E-state index in [2.05, 4.69) is 5.16 Å². The van der Waals surface area contributed by atoms with Crippen molar-refractivity contribution in [3.63, 3.8) is 0 Å². The lowest BCUT2D eigenvalue weighted by Gasteiger charge is -2.26. The molecule has 7 heteroatoms. The fourth-order valence-corrected chi connectivity index (χ4v) is 3.41. The maximum absolute atomic E-state index is 12.7. The van der Waals surface area contributed by atoms with Crippen molar-refractivity contribution in [3.8, 4) is 5.82 Å². The van der Waals surface area contributed by atoms with E-state index in [-0.39, 0.29) is 18.6 Å². The lowest BCUT2D eigenvalue weighted by Crippen LogP contribution is -2.39. The van der Waals surface area contributed by atoms with Gasteiger partial charge in [0.2, 0.25) is 0 Å². The van der Waals surface area contributed by atoms with Crippen LogP contribution in [0.15, 0.2) is 47.0 Å². The summed E-state index contributed by atoms with van der Waals surface area (Å²) >= 11 is 0. The van der Waals surface area contributed by atoms with Gasteiger partial charge in [-0.05, 0) is 46.2 Å². The van der Waals surface area contributed by atoms with Crippen molar-refractivity contribution in [2.75, 3.05) is 6.61 Å².